The van der Waals surface area contributed by atoms with Gasteiger partial charge in [-0.25, -0.2) is 0 Å². The maximum Gasteiger partial charge on any atom is 0.303 e. The summed E-state index contributed by atoms with van der Waals surface area (Å²) in [6, 6.07) is 2.44. The van der Waals surface area contributed by atoms with Crippen molar-refractivity contribution in [2.45, 2.75) is 51.6 Å². The molecule has 0 spiro atoms. The molecule has 1 aliphatic heterocycles. The molecule has 2 rings (SSSR count). The molecule has 1 amide bonds. The lowest BCUT2D eigenvalue weighted by atomic mass is 9.98. The number of likely N-dealkylation sites (tertiary alicyclic amines) is 1. The van der Waals surface area contributed by atoms with Crippen LogP contribution in [-0.2, 0) is 16.1 Å². The molecule has 126 valence electrons. The van der Waals surface area contributed by atoms with E-state index in [1.165, 1.54) is 10.6 Å². The van der Waals surface area contributed by atoms with E-state index in [-0.39, 0.29) is 30.7 Å². The molecule has 1 aromatic rings. The van der Waals surface area contributed by atoms with Gasteiger partial charge < -0.3 is 19.7 Å². The van der Waals surface area contributed by atoms with Gasteiger partial charge in [0.15, 0.2) is 0 Å². The van der Waals surface area contributed by atoms with Crippen molar-refractivity contribution in [1.82, 2.24) is 9.47 Å². The number of aryl methyl sites for hydroxylation is 1. The van der Waals surface area contributed by atoms with Crippen LogP contribution in [0.2, 0.25) is 0 Å². The van der Waals surface area contributed by atoms with Crippen molar-refractivity contribution in [3.05, 3.63) is 28.2 Å². The minimum atomic E-state index is -0.867. The normalized spacial score (nSPS) is 18.0. The monoisotopic (exact) mass is 322 g/mol. The Morgan fingerprint density at radius 1 is 1.30 bits per heavy atom. The van der Waals surface area contributed by atoms with Crippen LogP contribution in [0, 0.1) is 6.92 Å². The predicted molar refractivity (Wildman–Crippen MR) is 83.3 cm³/mol. The number of hydrogen-bond acceptors (Lipinski definition) is 4. The molecule has 1 aliphatic rings. The highest BCUT2D eigenvalue weighted by Crippen LogP contribution is 2.21. The number of carbonyl (C=O) groups is 2. The average molecular weight is 322 g/mol. The second-order valence-corrected chi connectivity index (χ2v) is 5.95. The number of nitrogens with zero attached hydrogens (tertiary/aromatic N) is 2. The first kappa shape index (κ1) is 17.1. The second kappa shape index (κ2) is 7.30. The van der Waals surface area contributed by atoms with Gasteiger partial charge in [-0.2, -0.15) is 0 Å². The number of aromatic hydroxyl groups is 1. The van der Waals surface area contributed by atoms with Gasteiger partial charge in [0.05, 0.1) is 0 Å². The van der Waals surface area contributed by atoms with Gasteiger partial charge in [-0.05, 0) is 38.7 Å². The SMILES string of the molecule is Cc1cc(O)cc(=O)n1CC(=O)N1CCCCC1CCC(=O)O. The lowest BCUT2D eigenvalue weighted by Crippen LogP contribution is -2.46. The van der Waals surface area contributed by atoms with E-state index in [0.29, 0.717) is 18.7 Å². The highest BCUT2D eigenvalue weighted by molar-refractivity contribution is 5.76. The number of carboxylic acid groups (broad SMARTS) is 1. The summed E-state index contributed by atoms with van der Waals surface area (Å²) in [4.78, 5) is 37.0. The second-order valence-electron chi connectivity index (χ2n) is 5.95. The number of carboxylic acids is 1. The topological polar surface area (TPSA) is 99.8 Å². The van der Waals surface area contributed by atoms with Crippen molar-refractivity contribution in [2.24, 2.45) is 0 Å². The highest BCUT2D eigenvalue weighted by atomic mass is 16.4. The lowest BCUT2D eigenvalue weighted by molar-refractivity contribution is -0.140. The number of pyridine rings is 1. The van der Waals surface area contributed by atoms with Crippen molar-refractivity contribution < 1.29 is 19.8 Å². The first-order chi connectivity index (χ1) is 10.9. The maximum absolute atomic E-state index is 12.6. The summed E-state index contributed by atoms with van der Waals surface area (Å²) in [5.74, 6) is -1.17. The van der Waals surface area contributed by atoms with Crippen LogP contribution >= 0.6 is 0 Å². The summed E-state index contributed by atoms with van der Waals surface area (Å²) < 4.78 is 1.32. The van der Waals surface area contributed by atoms with Crippen LogP contribution < -0.4 is 5.56 Å². The predicted octanol–water partition coefficient (Wildman–Crippen LogP) is 1.11. The van der Waals surface area contributed by atoms with Gasteiger partial charge in [0.25, 0.3) is 5.56 Å². The highest BCUT2D eigenvalue weighted by Gasteiger charge is 2.27. The quantitative estimate of drug-likeness (QED) is 0.846. The van der Waals surface area contributed by atoms with E-state index < -0.39 is 11.5 Å². The Balaban J connectivity index is 2.11. The minimum Gasteiger partial charge on any atom is -0.508 e. The molecule has 2 heterocycles. The van der Waals surface area contributed by atoms with Crippen LogP contribution in [0.25, 0.3) is 0 Å². The number of hydrogen-bond donors (Lipinski definition) is 2. The molecule has 1 fully saturated rings. The van der Waals surface area contributed by atoms with Crippen LogP contribution in [0.5, 0.6) is 5.75 Å². The number of rotatable bonds is 5. The average Bonchev–Trinajstić information content (AvgIpc) is 2.48. The third-order valence-corrected chi connectivity index (χ3v) is 4.25. The number of amides is 1. The number of piperidine rings is 1. The van der Waals surface area contributed by atoms with Gasteiger partial charge in [0.1, 0.15) is 12.3 Å². The van der Waals surface area contributed by atoms with E-state index in [1.807, 2.05) is 0 Å². The third-order valence-electron chi connectivity index (χ3n) is 4.25. The zero-order valence-electron chi connectivity index (χ0n) is 13.2. The summed E-state index contributed by atoms with van der Waals surface area (Å²) in [6.45, 7) is 2.16. The molecule has 7 heteroatoms. The van der Waals surface area contributed by atoms with Crippen molar-refractivity contribution in [3.8, 4) is 5.75 Å². The smallest absolute Gasteiger partial charge is 0.303 e. The van der Waals surface area contributed by atoms with Gasteiger partial charge in [0, 0.05) is 30.8 Å². The minimum absolute atomic E-state index is 0.0344. The number of aromatic nitrogens is 1. The standard InChI is InChI=1S/C16H22N2O5/c1-11-8-13(19)9-14(20)18(11)10-15(21)17-7-3-2-4-12(17)5-6-16(22)23/h8-9,12,19H,2-7,10H2,1H3,(H,22,23). The van der Waals surface area contributed by atoms with Crippen LogP contribution in [-0.4, -0.2) is 44.1 Å². The molecule has 23 heavy (non-hydrogen) atoms. The van der Waals surface area contributed by atoms with Gasteiger partial charge in [0.2, 0.25) is 5.91 Å². The molecule has 0 aliphatic carbocycles. The summed E-state index contributed by atoms with van der Waals surface area (Å²) in [6.07, 6.45) is 3.13. The molecule has 2 N–H and O–H groups in total. The van der Waals surface area contributed by atoms with E-state index in [2.05, 4.69) is 0 Å². The van der Waals surface area contributed by atoms with Gasteiger partial charge in [-0.15, -0.1) is 0 Å². The van der Waals surface area contributed by atoms with Gasteiger partial charge >= 0.3 is 5.97 Å². The molecule has 1 aromatic heterocycles. The maximum atomic E-state index is 12.6. The summed E-state index contributed by atoms with van der Waals surface area (Å²) in [5, 5.41) is 18.2. The summed E-state index contributed by atoms with van der Waals surface area (Å²) >= 11 is 0. The molecular weight excluding hydrogens is 300 g/mol. The molecule has 0 saturated carbocycles. The van der Waals surface area contributed by atoms with Crippen LogP contribution in [0.4, 0.5) is 0 Å². The molecule has 1 unspecified atom stereocenters. The van der Waals surface area contributed by atoms with Gasteiger partial charge in [-0.3, -0.25) is 14.4 Å². The molecule has 1 saturated heterocycles. The summed E-state index contributed by atoms with van der Waals surface area (Å²) in [5.41, 5.74) is 0.0948. The van der Waals surface area contributed by atoms with Crippen LogP contribution in [0.1, 0.15) is 37.8 Å². The van der Waals surface area contributed by atoms with Crippen LogP contribution in [0.15, 0.2) is 16.9 Å². The van der Waals surface area contributed by atoms with Crippen molar-refractivity contribution in [3.63, 3.8) is 0 Å². The largest absolute Gasteiger partial charge is 0.508 e. The number of aliphatic carboxylic acids is 1. The lowest BCUT2D eigenvalue weighted by Gasteiger charge is -2.36. The van der Waals surface area contributed by atoms with E-state index in [1.54, 1.807) is 11.8 Å². The summed E-state index contributed by atoms with van der Waals surface area (Å²) in [7, 11) is 0. The first-order valence-corrected chi connectivity index (χ1v) is 7.80. The molecule has 0 bridgehead atoms. The fourth-order valence-electron chi connectivity index (χ4n) is 3.06. The van der Waals surface area contributed by atoms with E-state index in [9.17, 15) is 19.5 Å². The Hall–Kier alpha value is -2.31. The molecule has 0 aromatic carbocycles. The molecule has 0 radical (unpaired) electrons. The fraction of sp³-hybridized carbons (Fsp3) is 0.562. The Morgan fingerprint density at radius 3 is 2.70 bits per heavy atom. The number of carbonyl (C=O) groups excluding carboxylic acids is 1. The van der Waals surface area contributed by atoms with E-state index in [0.717, 1.165) is 25.3 Å². The Kier molecular flexibility index (Phi) is 5.41. The first-order valence-electron chi connectivity index (χ1n) is 7.80. The van der Waals surface area contributed by atoms with Gasteiger partial charge in [-0.1, -0.05) is 0 Å². The van der Waals surface area contributed by atoms with Crippen LogP contribution in [0.3, 0.4) is 0 Å². The van der Waals surface area contributed by atoms with E-state index in [4.69, 9.17) is 5.11 Å². The Morgan fingerprint density at radius 2 is 2.04 bits per heavy atom. The Bertz CT molecular complexity index is 652. The molecule has 1 atom stereocenters. The fourth-order valence-corrected chi connectivity index (χ4v) is 3.06. The Labute approximate surface area is 134 Å². The van der Waals surface area contributed by atoms with Crippen molar-refractivity contribution in [1.29, 1.82) is 0 Å². The van der Waals surface area contributed by atoms with Crippen molar-refractivity contribution in [2.75, 3.05) is 6.54 Å². The van der Waals surface area contributed by atoms with Crippen molar-refractivity contribution >= 4 is 11.9 Å². The zero-order valence-corrected chi connectivity index (χ0v) is 13.2. The zero-order chi connectivity index (χ0) is 17.0. The molecular formula is C16H22N2O5. The van der Waals surface area contributed by atoms with E-state index >= 15 is 0 Å². The molecule has 7 nitrogen and oxygen atoms in total. The third kappa shape index (κ3) is 4.34.